The van der Waals surface area contributed by atoms with Gasteiger partial charge < -0.3 is 4.57 Å². The van der Waals surface area contributed by atoms with E-state index in [1.807, 2.05) is 0 Å². The largest absolute Gasteiger partial charge is 0.309 e. The van der Waals surface area contributed by atoms with Crippen molar-refractivity contribution in [3.05, 3.63) is 154 Å². The van der Waals surface area contributed by atoms with E-state index in [-0.39, 0.29) is 16.2 Å². The molecule has 0 bridgehead atoms. The average molecular weight is 582 g/mol. The maximum absolute atomic E-state index is 2.55. The maximum atomic E-state index is 2.55. The molecule has 0 saturated carbocycles. The van der Waals surface area contributed by atoms with Crippen LogP contribution in [0.2, 0.25) is 0 Å². The first-order valence-corrected chi connectivity index (χ1v) is 16.4. The number of nitrogens with zero attached hydrogens (tertiary/aromatic N) is 1. The SMILES string of the molecule is CC(C)(C)c1ccc2c(c1)C1(C3=C(C=CC3)c3ccc(-n4c5ccccc5c5ccccc54)cc31)c1cc(C(C)(C)C)ccc1-2. The Bertz CT molecular complexity index is 2190. The molecule has 220 valence electrons. The fourth-order valence-electron chi connectivity index (χ4n) is 8.56. The molecule has 0 atom stereocenters. The Morgan fingerprint density at radius 2 is 1.07 bits per heavy atom. The number of hydrogen-bond donors (Lipinski definition) is 0. The highest BCUT2D eigenvalue weighted by molar-refractivity contribution is 6.09. The fraction of sp³-hybridized carbons (Fsp3) is 0.227. The van der Waals surface area contributed by atoms with Crippen LogP contribution in [0.15, 0.2) is 121 Å². The first-order chi connectivity index (χ1) is 21.6. The van der Waals surface area contributed by atoms with Gasteiger partial charge in [0.25, 0.3) is 0 Å². The van der Waals surface area contributed by atoms with Crippen LogP contribution in [0.4, 0.5) is 0 Å². The average Bonchev–Trinajstić information content (AvgIpc) is 3.76. The van der Waals surface area contributed by atoms with Crippen molar-refractivity contribution in [2.75, 3.05) is 0 Å². The van der Waals surface area contributed by atoms with Crippen molar-refractivity contribution in [2.24, 2.45) is 0 Å². The lowest BCUT2D eigenvalue weighted by Crippen LogP contribution is -2.28. The van der Waals surface area contributed by atoms with Gasteiger partial charge in [0, 0.05) is 16.5 Å². The predicted molar refractivity (Wildman–Crippen MR) is 191 cm³/mol. The van der Waals surface area contributed by atoms with Crippen LogP contribution in [0.5, 0.6) is 0 Å². The fourth-order valence-corrected chi connectivity index (χ4v) is 8.56. The van der Waals surface area contributed by atoms with Crippen molar-refractivity contribution in [3.63, 3.8) is 0 Å². The lowest BCUT2D eigenvalue weighted by molar-refractivity contribution is 0.585. The molecular formula is C44H39N. The van der Waals surface area contributed by atoms with Gasteiger partial charge in [0.2, 0.25) is 0 Å². The minimum absolute atomic E-state index is 0.0545. The zero-order valence-corrected chi connectivity index (χ0v) is 27.1. The minimum Gasteiger partial charge on any atom is -0.309 e. The summed E-state index contributed by atoms with van der Waals surface area (Å²) < 4.78 is 2.48. The zero-order valence-electron chi connectivity index (χ0n) is 27.1. The Morgan fingerprint density at radius 1 is 0.556 bits per heavy atom. The highest BCUT2D eigenvalue weighted by Crippen LogP contribution is 2.64. The molecule has 0 aliphatic heterocycles. The second-order valence-corrected chi connectivity index (χ2v) is 15.4. The third-order valence-corrected chi connectivity index (χ3v) is 10.8. The van der Waals surface area contributed by atoms with Crippen LogP contribution >= 0.6 is 0 Å². The molecule has 6 aromatic rings. The highest BCUT2D eigenvalue weighted by Gasteiger charge is 2.53. The van der Waals surface area contributed by atoms with Gasteiger partial charge in [-0.3, -0.25) is 0 Å². The van der Waals surface area contributed by atoms with Gasteiger partial charge in [0.1, 0.15) is 0 Å². The van der Waals surface area contributed by atoms with Crippen molar-refractivity contribution >= 4 is 27.4 Å². The van der Waals surface area contributed by atoms with E-state index in [0.29, 0.717) is 0 Å². The van der Waals surface area contributed by atoms with Crippen LogP contribution in [0, 0.1) is 0 Å². The van der Waals surface area contributed by atoms with Gasteiger partial charge in [-0.05, 0) is 97.2 Å². The Balaban J connectivity index is 1.41. The number of fused-ring (bicyclic) bond motifs is 12. The van der Waals surface area contributed by atoms with Crippen LogP contribution in [-0.4, -0.2) is 4.57 Å². The molecule has 1 nitrogen and oxygen atoms in total. The minimum atomic E-state index is -0.323. The molecule has 9 rings (SSSR count). The van der Waals surface area contributed by atoms with E-state index in [4.69, 9.17) is 0 Å². The summed E-state index contributed by atoms with van der Waals surface area (Å²) in [6.45, 7) is 14.0. The lowest BCUT2D eigenvalue weighted by Gasteiger charge is -2.34. The summed E-state index contributed by atoms with van der Waals surface area (Å²) >= 11 is 0. The normalized spacial score (nSPS) is 16.1. The summed E-state index contributed by atoms with van der Waals surface area (Å²) in [5.74, 6) is 0. The summed E-state index contributed by atoms with van der Waals surface area (Å²) in [7, 11) is 0. The van der Waals surface area contributed by atoms with Crippen molar-refractivity contribution in [1.29, 1.82) is 0 Å². The molecule has 0 saturated heterocycles. The van der Waals surface area contributed by atoms with E-state index in [2.05, 4.69) is 161 Å². The number of rotatable bonds is 1. The second-order valence-electron chi connectivity index (χ2n) is 15.4. The van der Waals surface area contributed by atoms with Gasteiger partial charge >= 0.3 is 0 Å². The second kappa shape index (κ2) is 8.76. The first-order valence-electron chi connectivity index (χ1n) is 16.4. The van der Waals surface area contributed by atoms with E-state index >= 15 is 0 Å². The maximum Gasteiger partial charge on any atom is 0.0692 e. The van der Waals surface area contributed by atoms with Crippen molar-refractivity contribution in [1.82, 2.24) is 4.57 Å². The molecule has 0 unspecified atom stereocenters. The molecule has 1 aromatic heterocycles. The molecule has 1 heterocycles. The lowest BCUT2D eigenvalue weighted by atomic mass is 9.67. The Kier molecular flexibility index (Phi) is 5.21. The number of aromatic nitrogens is 1. The van der Waals surface area contributed by atoms with Gasteiger partial charge in [-0.2, -0.15) is 0 Å². The van der Waals surface area contributed by atoms with Crippen molar-refractivity contribution in [3.8, 4) is 16.8 Å². The van der Waals surface area contributed by atoms with Crippen LogP contribution in [0.25, 0.3) is 44.2 Å². The van der Waals surface area contributed by atoms with E-state index in [0.717, 1.165) is 6.42 Å². The molecule has 45 heavy (non-hydrogen) atoms. The monoisotopic (exact) mass is 581 g/mol. The molecule has 0 fully saturated rings. The van der Waals surface area contributed by atoms with Gasteiger partial charge in [-0.15, -0.1) is 0 Å². The van der Waals surface area contributed by atoms with Gasteiger partial charge in [-0.25, -0.2) is 0 Å². The van der Waals surface area contributed by atoms with E-state index in [9.17, 15) is 0 Å². The third-order valence-electron chi connectivity index (χ3n) is 10.8. The number of allylic oxidation sites excluding steroid dienone is 4. The summed E-state index contributed by atoms with van der Waals surface area (Å²) in [6, 6.07) is 39.7. The van der Waals surface area contributed by atoms with Gasteiger partial charge in [-0.1, -0.05) is 133 Å². The Hall–Kier alpha value is -4.62. The number of hydrogen-bond acceptors (Lipinski definition) is 0. The standard InChI is InChI=1S/C44H39N/c1-42(2,3)27-18-21-31-32-22-19-28(43(4,5)6)25-38(32)44(37(31)24-27)36-15-11-14-30(36)33-23-20-29(26-39(33)44)45-40-16-9-7-12-34(40)35-13-8-10-17-41(35)45/h7-14,16-26H,15H2,1-6H3. The Labute approximate surface area is 266 Å². The molecule has 5 aromatic carbocycles. The molecule has 1 heteroatoms. The smallest absolute Gasteiger partial charge is 0.0692 e. The van der Waals surface area contributed by atoms with E-state index in [1.54, 1.807) is 0 Å². The van der Waals surface area contributed by atoms with Crippen LogP contribution in [0.1, 0.15) is 81.3 Å². The summed E-state index contributed by atoms with van der Waals surface area (Å²) in [5.41, 5.74) is 17.7. The third kappa shape index (κ3) is 3.45. The van der Waals surface area contributed by atoms with Crippen molar-refractivity contribution in [2.45, 2.75) is 64.2 Å². The zero-order chi connectivity index (χ0) is 30.9. The Morgan fingerprint density at radius 3 is 1.62 bits per heavy atom. The topological polar surface area (TPSA) is 4.93 Å². The van der Waals surface area contributed by atoms with E-state index < -0.39 is 0 Å². The summed E-state index contributed by atoms with van der Waals surface area (Å²) in [4.78, 5) is 0. The van der Waals surface area contributed by atoms with Gasteiger partial charge in [0.15, 0.2) is 0 Å². The predicted octanol–water partition coefficient (Wildman–Crippen LogP) is 11.4. The number of para-hydroxylation sites is 2. The molecule has 0 radical (unpaired) electrons. The van der Waals surface area contributed by atoms with E-state index in [1.165, 1.54) is 83.1 Å². The van der Waals surface area contributed by atoms with Crippen LogP contribution in [-0.2, 0) is 16.2 Å². The summed E-state index contributed by atoms with van der Waals surface area (Å²) in [6.07, 6.45) is 5.75. The highest BCUT2D eigenvalue weighted by atomic mass is 15.0. The molecule has 3 aliphatic carbocycles. The van der Waals surface area contributed by atoms with Crippen LogP contribution < -0.4 is 0 Å². The molecule has 0 N–H and O–H groups in total. The molecule has 0 amide bonds. The van der Waals surface area contributed by atoms with Crippen molar-refractivity contribution < 1.29 is 0 Å². The molecule has 1 spiro atoms. The van der Waals surface area contributed by atoms with Crippen LogP contribution in [0.3, 0.4) is 0 Å². The number of benzene rings is 5. The quantitative estimate of drug-likeness (QED) is 0.182. The van der Waals surface area contributed by atoms with Gasteiger partial charge in [0.05, 0.1) is 16.4 Å². The molecule has 3 aliphatic rings. The first kappa shape index (κ1) is 26.8. The molecular weight excluding hydrogens is 542 g/mol. The summed E-state index contributed by atoms with van der Waals surface area (Å²) in [5, 5.41) is 2.60.